The van der Waals surface area contributed by atoms with Crippen molar-refractivity contribution < 1.29 is 13.9 Å². The van der Waals surface area contributed by atoms with Crippen LogP contribution in [0.4, 0.5) is 4.39 Å². The molecule has 2 heterocycles. The van der Waals surface area contributed by atoms with E-state index >= 15 is 0 Å². The van der Waals surface area contributed by atoms with Gasteiger partial charge in [-0.2, -0.15) is 0 Å². The number of benzene rings is 2. The average Bonchev–Trinajstić information content (AvgIpc) is 3.41. The van der Waals surface area contributed by atoms with Gasteiger partial charge in [0, 0.05) is 41.2 Å². The first-order chi connectivity index (χ1) is 15.0. The Labute approximate surface area is 190 Å². The molecule has 4 rings (SSSR count). The van der Waals surface area contributed by atoms with Crippen molar-refractivity contribution >= 4 is 29.1 Å². The summed E-state index contributed by atoms with van der Waals surface area (Å²) in [6.07, 6.45) is 5.36. The highest BCUT2D eigenvalue weighted by molar-refractivity contribution is 6.35. The summed E-state index contributed by atoms with van der Waals surface area (Å²) in [5.41, 5.74) is 1.20. The Bertz CT molecular complexity index is 1070. The lowest BCUT2D eigenvalue weighted by molar-refractivity contribution is 0.0498. The lowest BCUT2D eigenvalue weighted by Gasteiger charge is -2.26. The number of rotatable bonds is 7. The largest absolute Gasteiger partial charge is 0.376 e. The monoisotopic (exact) mass is 461 g/mol. The number of carbonyl (C=O) groups excluding carboxylic acids is 1. The molecule has 8 heteroatoms. The van der Waals surface area contributed by atoms with Crippen molar-refractivity contribution in [2.24, 2.45) is 0 Å². The number of amides is 1. The minimum Gasteiger partial charge on any atom is -0.376 e. The van der Waals surface area contributed by atoms with Crippen LogP contribution in [0.2, 0.25) is 10.0 Å². The normalized spacial score (nSPS) is 15.9. The molecule has 1 aromatic heterocycles. The summed E-state index contributed by atoms with van der Waals surface area (Å²) in [5, 5.41) is 1.14. The first-order valence-corrected chi connectivity index (χ1v) is 10.9. The van der Waals surface area contributed by atoms with Gasteiger partial charge in [0.15, 0.2) is 0 Å². The molecule has 0 bridgehead atoms. The van der Waals surface area contributed by atoms with Crippen LogP contribution in [0.25, 0.3) is 0 Å². The molecule has 3 aromatic rings. The predicted molar refractivity (Wildman–Crippen MR) is 118 cm³/mol. The predicted octanol–water partition coefficient (Wildman–Crippen LogP) is 5.20. The molecule has 0 N–H and O–H groups in total. The number of hydrogen-bond donors (Lipinski definition) is 0. The molecule has 0 aliphatic carbocycles. The summed E-state index contributed by atoms with van der Waals surface area (Å²) in [4.78, 5) is 19.3. The number of carbonyl (C=O) groups is 1. The first-order valence-electron chi connectivity index (χ1n) is 10.1. The molecule has 0 spiro atoms. The van der Waals surface area contributed by atoms with E-state index in [1.165, 1.54) is 18.2 Å². The smallest absolute Gasteiger partial charge is 0.254 e. The van der Waals surface area contributed by atoms with E-state index in [4.69, 9.17) is 27.9 Å². The van der Waals surface area contributed by atoms with Crippen LogP contribution in [-0.2, 0) is 17.8 Å². The lowest BCUT2D eigenvalue weighted by atomic mass is 10.1. The maximum absolute atomic E-state index is 13.7. The second-order valence-electron chi connectivity index (χ2n) is 7.54. The Kier molecular flexibility index (Phi) is 6.90. The Hall–Kier alpha value is -2.41. The topological polar surface area (TPSA) is 47.4 Å². The molecule has 31 heavy (non-hydrogen) atoms. The Balaban J connectivity index is 1.57. The van der Waals surface area contributed by atoms with Crippen molar-refractivity contribution in [1.29, 1.82) is 0 Å². The van der Waals surface area contributed by atoms with E-state index in [1.54, 1.807) is 29.3 Å². The molecular weight excluding hydrogens is 440 g/mol. The molecule has 1 unspecified atom stereocenters. The molecule has 1 atom stereocenters. The third-order valence-electron chi connectivity index (χ3n) is 5.30. The summed E-state index contributed by atoms with van der Waals surface area (Å²) >= 11 is 12.3. The molecule has 1 fully saturated rings. The van der Waals surface area contributed by atoms with Gasteiger partial charge in [-0.15, -0.1) is 0 Å². The van der Waals surface area contributed by atoms with E-state index in [9.17, 15) is 9.18 Å². The average molecular weight is 462 g/mol. The quantitative estimate of drug-likeness (QED) is 0.485. The van der Waals surface area contributed by atoms with Crippen molar-refractivity contribution in [1.82, 2.24) is 14.5 Å². The maximum atomic E-state index is 13.7. The van der Waals surface area contributed by atoms with Crippen LogP contribution < -0.4 is 0 Å². The van der Waals surface area contributed by atoms with Crippen molar-refractivity contribution in [2.45, 2.75) is 32.0 Å². The van der Waals surface area contributed by atoms with Crippen LogP contribution in [0.15, 0.2) is 54.9 Å². The molecule has 1 aliphatic heterocycles. The van der Waals surface area contributed by atoms with Gasteiger partial charge in [0.05, 0.1) is 19.2 Å². The second kappa shape index (κ2) is 9.81. The number of hydrogen-bond acceptors (Lipinski definition) is 3. The zero-order valence-electron chi connectivity index (χ0n) is 16.8. The SMILES string of the molecule is O=C(c1cccc(F)c1)N(Cc1nccn1Cc1ccc(Cl)cc1Cl)CC1CCCO1. The third-order valence-corrected chi connectivity index (χ3v) is 5.88. The van der Waals surface area contributed by atoms with E-state index in [1.807, 2.05) is 16.8 Å². The van der Waals surface area contributed by atoms with E-state index in [2.05, 4.69) is 4.98 Å². The molecule has 0 radical (unpaired) electrons. The first kappa shape index (κ1) is 21.8. The van der Waals surface area contributed by atoms with Gasteiger partial charge in [-0.25, -0.2) is 9.37 Å². The summed E-state index contributed by atoms with van der Waals surface area (Å²) in [5.74, 6) is 0.00430. The van der Waals surface area contributed by atoms with Gasteiger partial charge >= 0.3 is 0 Å². The van der Waals surface area contributed by atoms with E-state index < -0.39 is 5.82 Å². The number of aromatic nitrogens is 2. The second-order valence-corrected chi connectivity index (χ2v) is 8.38. The molecule has 0 saturated carbocycles. The summed E-state index contributed by atoms with van der Waals surface area (Å²) in [6, 6.07) is 11.1. The molecular formula is C23H22Cl2FN3O2. The van der Waals surface area contributed by atoms with Gasteiger partial charge < -0.3 is 14.2 Å². The van der Waals surface area contributed by atoms with Crippen LogP contribution in [0, 0.1) is 5.82 Å². The van der Waals surface area contributed by atoms with Crippen LogP contribution >= 0.6 is 23.2 Å². The zero-order valence-corrected chi connectivity index (χ0v) is 18.3. The van der Waals surface area contributed by atoms with Crippen molar-refractivity contribution in [3.05, 3.63) is 87.7 Å². The Morgan fingerprint density at radius 2 is 2.13 bits per heavy atom. The fourth-order valence-corrected chi connectivity index (χ4v) is 4.17. The van der Waals surface area contributed by atoms with Gasteiger partial charge in [-0.05, 0) is 48.7 Å². The highest BCUT2D eigenvalue weighted by Gasteiger charge is 2.25. The standard InChI is InChI=1S/C23H22Cl2FN3O2/c24-18-7-6-17(21(25)12-18)13-28-9-8-27-22(28)15-29(14-20-5-2-10-31-20)23(30)16-3-1-4-19(26)11-16/h1,3-4,6-9,11-12,20H,2,5,10,13-15H2. The Morgan fingerprint density at radius 1 is 1.26 bits per heavy atom. The molecule has 162 valence electrons. The van der Waals surface area contributed by atoms with Crippen molar-refractivity contribution in [2.75, 3.05) is 13.2 Å². The van der Waals surface area contributed by atoms with Crippen molar-refractivity contribution in [3.8, 4) is 0 Å². The molecule has 1 amide bonds. The van der Waals surface area contributed by atoms with Gasteiger partial charge in [0.1, 0.15) is 11.6 Å². The Morgan fingerprint density at radius 3 is 2.87 bits per heavy atom. The lowest BCUT2D eigenvalue weighted by Crippen LogP contribution is -2.37. The molecule has 5 nitrogen and oxygen atoms in total. The molecule has 2 aromatic carbocycles. The summed E-state index contributed by atoms with van der Waals surface area (Å²) in [6.45, 7) is 1.88. The number of halogens is 3. The van der Waals surface area contributed by atoms with Gasteiger partial charge in [-0.3, -0.25) is 4.79 Å². The van der Waals surface area contributed by atoms with Crippen LogP contribution in [-0.4, -0.2) is 39.6 Å². The molecule has 1 saturated heterocycles. The van der Waals surface area contributed by atoms with E-state index in [-0.39, 0.29) is 18.6 Å². The zero-order chi connectivity index (χ0) is 21.8. The van der Waals surface area contributed by atoms with Crippen molar-refractivity contribution in [3.63, 3.8) is 0 Å². The maximum Gasteiger partial charge on any atom is 0.254 e. The van der Waals surface area contributed by atoms with Crippen LogP contribution in [0.1, 0.15) is 34.6 Å². The summed E-state index contributed by atoms with van der Waals surface area (Å²) < 4.78 is 21.4. The van der Waals surface area contributed by atoms with E-state index in [0.717, 1.165) is 18.4 Å². The fourth-order valence-electron chi connectivity index (χ4n) is 3.70. The fraction of sp³-hybridized carbons (Fsp3) is 0.304. The minimum absolute atomic E-state index is 0.0355. The summed E-state index contributed by atoms with van der Waals surface area (Å²) in [7, 11) is 0. The number of imidazole rings is 1. The van der Waals surface area contributed by atoms with Gasteiger partial charge in [-0.1, -0.05) is 35.3 Å². The highest BCUT2D eigenvalue weighted by Crippen LogP contribution is 2.23. The van der Waals surface area contributed by atoms with Crippen LogP contribution in [0.3, 0.4) is 0 Å². The third kappa shape index (κ3) is 5.45. The number of nitrogens with zero attached hydrogens (tertiary/aromatic N) is 3. The highest BCUT2D eigenvalue weighted by atomic mass is 35.5. The minimum atomic E-state index is -0.443. The van der Waals surface area contributed by atoms with Gasteiger partial charge in [0.25, 0.3) is 5.91 Å². The van der Waals surface area contributed by atoms with E-state index in [0.29, 0.717) is 41.1 Å². The van der Waals surface area contributed by atoms with Gasteiger partial charge in [0.2, 0.25) is 0 Å². The number of ether oxygens (including phenoxy) is 1. The van der Waals surface area contributed by atoms with Crippen LogP contribution in [0.5, 0.6) is 0 Å². The molecule has 1 aliphatic rings.